The molecule has 0 unspecified atom stereocenters. The molecule has 0 aliphatic carbocycles. The van der Waals surface area contributed by atoms with Crippen LogP contribution in [0.4, 0.5) is 5.69 Å². The van der Waals surface area contributed by atoms with Gasteiger partial charge in [0.2, 0.25) is 0 Å². The van der Waals surface area contributed by atoms with Crippen molar-refractivity contribution in [3.63, 3.8) is 0 Å². The van der Waals surface area contributed by atoms with Crippen LogP contribution < -0.4 is 16.0 Å². The summed E-state index contributed by atoms with van der Waals surface area (Å²) in [6, 6.07) is 11.4. The van der Waals surface area contributed by atoms with E-state index < -0.39 is 0 Å². The molecular weight excluding hydrogens is 210 g/mol. The number of nitrogens with one attached hydrogen (secondary N) is 1. The Labute approximate surface area is 104 Å². The molecule has 0 atom stereocenters. The number of hydrogen-bond donors (Lipinski definition) is 2. The second kappa shape index (κ2) is 6.62. The van der Waals surface area contributed by atoms with Gasteiger partial charge in [0.05, 0.1) is 0 Å². The molecule has 0 radical (unpaired) electrons. The van der Waals surface area contributed by atoms with Crippen molar-refractivity contribution in [2.45, 2.75) is 25.3 Å². The van der Waals surface area contributed by atoms with Crippen LogP contribution >= 0.6 is 0 Å². The lowest BCUT2D eigenvalue weighted by molar-refractivity contribution is 0.414. The van der Waals surface area contributed by atoms with E-state index in [0.717, 1.165) is 32.6 Å². The summed E-state index contributed by atoms with van der Waals surface area (Å²) in [5.41, 5.74) is 6.85. The number of nitrogens with two attached hydrogens (primary N) is 1. The third kappa shape index (κ3) is 3.72. The summed E-state index contributed by atoms with van der Waals surface area (Å²) >= 11 is 0. The van der Waals surface area contributed by atoms with Gasteiger partial charge in [-0.2, -0.15) is 0 Å². The highest BCUT2D eigenvalue weighted by molar-refractivity contribution is 5.46. The molecule has 0 saturated carbocycles. The fraction of sp³-hybridized carbons (Fsp3) is 0.571. The van der Waals surface area contributed by atoms with E-state index in [4.69, 9.17) is 5.73 Å². The number of para-hydroxylation sites is 1. The quantitative estimate of drug-likeness (QED) is 0.759. The van der Waals surface area contributed by atoms with Gasteiger partial charge in [0, 0.05) is 24.8 Å². The second-order valence-corrected chi connectivity index (χ2v) is 4.69. The molecule has 2 rings (SSSR count). The van der Waals surface area contributed by atoms with Gasteiger partial charge in [-0.15, -0.1) is 0 Å². The highest BCUT2D eigenvalue weighted by atomic mass is 15.1. The number of nitrogens with zero attached hydrogens (tertiary/aromatic N) is 1. The van der Waals surface area contributed by atoms with Crippen LogP contribution in [0.5, 0.6) is 0 Å². The number of rotatable bonds is 5. The molecule has 0 aromatic heterocycles. The van der Waals surface area contributed by atoms with E-state index >= 15 is 0 Å². The second-order valence-electron chi connectivity index (χ2n) is 4.69. The molecular formula is C14H23N3. The van der Waals surface area contributed by atoms with Crippen LogP contribution in [0, 0.1) is 0 Å². The SMILES string of the molecule is NCCCNC1CCN(c2ccccc2)CC1. The van der Waals surface area contributed by atoms with Gasteiger partial charge in [0.25, 0.3) is 0 Å². The average Bonchev–Trinajstić information content (AvgIpc) is 2.41. The minimum atomic E-state index is 0.682. The summed E-state index contributed by atoms with van der Waals surface area (Å²) in [4.78, 5) is 2.47. The Kier molecular flexibility index (Phi) is 4.83. The van der Waals surface area contributed by atoms with Crippen LogP contribution in [0.1, 0.15) is 19.3 Å². The van der Waals surface area contributed by atoms with Crippen LogP contribution in [0.3, 0.4) is 0 Å². The van der Waals surface area contributed by atoms with Gasteiger partial charge in [0.1, 0.15) is 0 Å². The lowest BCUT2D eigenvalue weighted by Crippen LogP contribution is -2.43. The van der Waals surface area contributed by atoms with E-state index in [1.807, 2.05) is 0 Å². The molecule has 1 aromatic rings. The molecule has 3 heteroatoms. The van der Waals surface area contributed by atoms with Crippen molar-refractivity contribution < 1.29 is 0 Å². The third-order valence-electron chi connectivity index (χ3n) is 3.43. The maximum absolute atomic E-state index is 5.49. The molecule has 0 bridgehead atoms. The highest BCUT2D eigenvalue weighted by Gasteiger charge is 2.18. The Balaban J connectivity index is 1.74. The molecule has 1 aliphatic rings. The predicted octanol–water partition coefficient (Wildman–Crippen LogP) is 1.59. The van der Waals surface area contributed by atoms with Crippen molar-refractivity contribution in [2.75, 3.05) is 31.1 Å². The minimum Gasteiger partial charge on any atom is -0.371 e. The summed E-state index contributed by atoms with van der Waals surface area (Å²) < 4.78 is 0. The number of piperidine rings is 1. The van der Waals surface area contributed by atoms with Crippen LogP contribution in [0.2, 0.25) is 0 Å². The predicted molar refractivity (Wildman–Crippen MR) is 73.4 cm³/mol. The van der Waals surface area contributed by atoms with Gasteiger partial charge < -0.3 is 16.0 Å². The third-order valence-corrected chi connectivity index (χ3v) is 3.43. The van der Waals surface area contributed by atoms with E-state index in [9.17, 15) is 0 Å². The standard InChI is InChI=1S/C14H23N3/c15-9-4-10-16-13-7-11-17(12-8-13)14-5-2-1-3-6-14/h1-3,5-6,13,16H,4,7-12,15H2. The number of hydrogen-bond acceptors (Lipinski definition) is 3. The monoisotopic (exact) mass is 233 g/mol. The summed E-state index contributed by atoms with van der Waals surface area (Å²) in [7, 11) is 0. The van der Waals surface area contributed by atoms with Gasteiger partial charge in [0.15, 0.2) is 0 Å². The maximum Gasteiger partial charge on any atom is 0.0366 e. The van der Waals surface area contributed by atoms with Crippen molar-refractivity contribution in [2.24, 2.45) is 5.73 Å². The number of anilines is 1. The normalized spacial score (nSPS) is 17.4. The van der Waals surface area contributed by atoms with E-state index in [1.54, 1.807) is 0 Å². The molecule has 0 amide bonds. The smallest absolute Gasteiger partial charge is 0.0366 e. The highest BCUT2D eigenvalue weighted by Crippen LogP contribution is 2.19. The molecule has 0 spiro atoms. The van der Waals surface area contributed by atoms with Gasteiger partial charge >= 0.3 is 0 Å². The molecule has 3 nitrogen and oxygen atoms in total. The Hall–Kier alpha value is -1.06. The lowest BCUT2D eigenvalue weighted by atomic mass is 10.0. The summed E-state index contributed by atoms with van der Waals surface area (Å²) in [5.74, 6) is 0. The Morgan fingerprint density at radius 1 is 1.18 bits per heavy atom. The molecule has 1 fully saturated rings. The molecule has 17 heavy (non-hydrogen) atoms. The molecule has 3 N–H and O–H groups in total. The van der Waals surface area contributed by atoms with Gasteiger partial charge in [-0.05, 0) is 44.5 Å². The summed E-state index contributed by atoms with van der Waals surface area (Å²) in [6.45, 7) is 4.16. The summed E-state index contributed by atoms with van der Waals surface area (Å²) in [5, 5.41) is 3.59. The first-order valence-corrected chi connectivity index (χ1v) is 6.63. The van der Waals surface area contributed by atoms with Gasteiger partial charge in [-0.1, -0.05) is 18.2 Å². The molecule has 1 heterocycles. The largest absolute Gasteiger partial charge is 0.371 e. The fourth-order valence-electron chi connectivity index (χ4n) is 2.39. The Morgan fingerprint density at radius 2 is 1.88 bits per heavy atom. The summed E-state index contributed by atoms with van der Waals surface area (Å²) in [6.07, 6.45) is 3.55. The van der Waals surface area contributed by atoms with Crippen molar-refractivity contribution >= 4 is 5.69 Å². The zero-order chi connectivity index (χ0) is 11.9. The van der Waals surface area contributed by atoms with Crippen LogP contribution in [-0.2, 0) is 0 Å². The molecule has 1 saturated heterocycles. The van der Waals surface area contributed by atoms with Crippen LogP contribution in [0.15, 0.2) is 30.3 Å². The van der Waals surface area contributed by atoms with E-state index in [0.29, 0.717) is 6.04 Å². The average molecular weight is 233 g/mol. The first-order valence-electron chi connectivity index (χ1n) is 6.63. The number of benzene rings is 1. The van der Waals surface area contributed by atoms with Crippen molar-refractivity contribution in [1.82, 2.24) is 5.32 Å². The van der Waals surface area contributed by atoms with E-state index in [2.05, 4.69) is 40.5 Å². The molecule has 1 aromatic carbocycles. The van der Waals surface area contributed by atoms with Crippen molar-refractivity contribution in [1.29, 1.82) is 0 Å². The Bertz CT molecular complexity index is 305. The van der Waals surface area contributed by atoms with Gasteiger partial charge in [-0.25, -0.2) is 0 Å². The topological polar surface area (TPSA) is 41.3 Å². The first kappa shape index (κ1) is 12.4. The first-order chi connectivity index (χ1) is 8.40. The minimum absolute atomic E-state index is 0.682. The Morgan fingerprint density at radius 3 is 2.53 bits per heavy atom. The lowest BCUT2D eigenvalue weighted by Gasteiger charge is -2.34. The van der Waals surface area contributed by atoms with Crippen molar-refractivity contribution in [3.8, 4) is 0 Å². The molecule has 1 aliphatic heterocycles. The van der Waals surface area contributed by atoms with Crippen LogP contribution in [0.25, 0.3) is 0 Å². The maximum atomic E-state index is 5.49. The van der Waals surface area contributed by atoms with E-state index in [-0.39, 0.29) is 0 Å². The van der Waals surface area contributed by atoms with Crippen LogP contribution in [-0.4, -0.2) is 32.2 Å². The fourth-order valence-corrected chi connectivity index (χ4v) is 2.39. The van der Waals surface area contributed by atoms with E-state index in [1.165, 1.54) is 18.5 Å². The zero-order valence-electron chi connectivity index (χ0n) is 10.4. The van der Waals surface area contributed by atoms with Gasteiger partial charge in [-0.3, -0.25) is 0 Å². The molecule has 94 valence electrons. The van der Waals surface area contributed by atoms with Crippen molar-refractivity contribution in [3.05, 3.63) is 30.3 Å². The zero-order valence-corrected chi connectivity index (χ0v) is 10.4.